The second-order valence-corrected chi connectivity index (χ2v) is 5.76. The van der Waals surface area contributed by atoms with Crippen molar-refractivity contribution in [1.82, 2.24) is 10.9 Å². The Bertz CT molecular complexity index is 900. The maximum Gasteiger partial charge on any atom is 0.305 e. The Morgan fingerprint density at radius 3 is 2.44 bits per heavy atom. The van der Waals surface area contributed by atoms with Crippen LogP contribution >= 0.6 is 0 Å². The summed E-state index contributed by atoms with van der Waals surface area (Å²) in [5, 5.41) is 0.807. The first-order chi connectivity index (χ1) is 13.1. The monoisotopic (exact) mass is 368 g/mol. The van der Waals surface area contributed by atoms with E-state index in [0.717, 1.165) is 11.1 Å². The molecule has 0 spiro atoms. The van der Waals surface area contributed by atoms with Gasteiger partial charge in [-0.2, -0.15) is 0 Å². The van der Waals surface area contributed by atoms with Crippen LogP contribution in [0.1, 0.15) is 24.4 Å². The molecule has 2 aromatic carbocycles. The minimum absolute atomic E-state index is 0.108. The fraction of sp³-hybridized carbons (Fsp3) is 0.200. The third-order valence-corrected chi connectivity index (χ3v) is 3.77. The fourth-order valence-corrected chi connectivity index (χ4v) is 2.41. The molecule has 0 aliphatic rings. The largest absolute Gasteiger partial charge is 0.494 e. The number of benzene rings is 2. The summed E-state index contributed by atoms with van der Waals surface area (Å²) in [7, 11) is 0. The lowest BCUT2D eigenvalue weighted by molar-refractivity contribution is -0.128. The van der Waals surface area contributed by atoms with E-state index in [1.54, 1.807) is 43.3 Å². The summed E-state index contributed by atoms with van der Waals surface area (Å²) in [5.74, 6) is 0.308. The topological polar surface area (TPSA) is 89.8 Å². The van der Waals surface area contributed by atoms with Gasteiger partial charge in [0.1, 0.15) is 17.1 Å². The van der Waals surface area contributed by atoms with Crippen molar-refractivity contribution in [3.63, 3.8) is 0 Å². The zero-order valence-electron chi connectivity index (χ0n) is 15.0. The van der Waals surface area contributed by atoms with Crippen molar-refractivity contribution in [2.24, 2.45) is 0 Å². The van der Waals surface area contributed by atoms with Crippen LogP contribution in [0.3, 0.4) is 0 Å². The highest BCUT2D eigenvalue weighted by Gasteiger charge is 2.17. The minimum atomic E-state index is -0.807. The average molecular weight is 368 g/mol. The van der Waals surface area contributed by atoms with Crippen LogP contribution in [-0.2, 0) is 4.79 Å². The van der Waals surface area contributed by atoms with Gasteiger partial charge >= 0.3 is 5.91 Å². The van der Waals surface area contributed by atoms with E-state index in [2.05, 4.69) is 10.9 Å². The molecule has 1 heterocycles. The predicted molar refractivity (Wildman–Crippen MR) is 99.5 cm³/mol. The van der Waals surface area contributed by atoms with Gasteiger partial charge in [0.2, 0.25) is 0 Å². The molecule has 0 aliphatic carbocycles. The molecule has 7 nitrogen and oxygen atoms in total. The zero-order valence-corrected chi connectivity index (χ0v) is 15.0. The molecule has 0 unspecified atom stereocenters. The van der Waals surface area contributed by atoms with E-state index in [9.17, 15) is 9.59 Å². The van der Waals surface area contributed by atoms with Gasteiger partial charge in [0.15, 0.2) is 11.9 Å². The summed E-state index contributed by atoms with van der Waals surface area (Å²) >= 11 is 0. The highest BCUT2D eigenvalue weighted by molar-refractivity contribution is 5.97. The molecule has 3 rings (SSSR count). The van der Waals surface area contributed by atoms with Crippen LogP contribution in [0, 0.1) is 0 Å². The van der Waals surface area contributed by atoms with Crippen molar-refractivity contribution >= 4 is 22.8 Å². The van der Waals surface area contributed by atoms with E-state index < -0.39 is 17.9 Å². The summed E-state index contributed by atoms with van der Waals surface area (Å²) in [6.45, 7) is 4.06. The molecule has 0 saturated carbocycles. The van der Waals surface area contributed by atoms with Crippen molar-refractivity contribution < 1.29 is 23.5 Å². The number of para-hydroxylation sites is 1. The number of nitrogens with one attached hydrogen (secondary N) is 2. The number of carbonyl (C=O) groups is 2. The maximum atomic E-state index is 12.1. The second kappa shape index (κ2) is 8.27. The predicted octanol–water partition coefficient (Wildman–Crippen LogP) is 3.06. The maximum absolute atomic E-state index is 12.1. The number of rotatable bonds is 6. The van der Waals surface area contributed by atoms with Gasteiger partial charge in [-0.25, -0.2) is 0 Å². The molecule has 0 bridgehead atoms. The molecular weight excluding hydrogens is 348 g/mol. The smallest absolute Gasteiger partial charge is 0.305 e. The Kier molecular flexibility index (Phi) is 5.61. The lowest BCUT2D eigenvalue weighted by Gasteiger charge is -2.15. The number of amides is 2. The van der Waals surface area contributed by atoms with Crippen LogP contribution in [0.4, 0.5) is 0 Å². The van der Waals surface area contributed by atoms with Crippen molar-refractivity contribution in [2.45, 2.75) is 20.0 Å². The van der Waals surface area contributed by atoms with Gasteiger partial charge in [0, 0.05) is 5.39 Å². The van der Waals surface area contributed by atoms with E-state index in [1.807, 2.05) is 25.1 Å². The van der Waals surface area contributed by atoms with E-state index in [-0.39, 0.29) is 5.76 Å². The van der Waals surface area contributed by atoms with E-state index >= 15 is 0 Å². The Morgan fingerprint density at radius 2 is 1.74 bits per heavy atom. The van der Waals surface area contributed by atoms with E-state index in [1.165, 1.54) is 0 Å². The number of furan rings is 1. The highest BCUT2D eigenvalue weighted by Crippen LogP contribution is 2.19. The molecule has 140 valence electrons. The van der Waals surface area contributed by atoms with Crippen LogP contribution in [-0.4, -0.2) is 24.5 Å². The molecule has 7 heteroatoms. The van der Waals surface area contributed by atoms with Crippen LogP contribution in [0.25, 0.3) is 11.0 Å². The Morgan fingerprint density at radius 1 is 1.04 bits per heavy atom. The summed E-state index contributed by atoms with van der Waals surface area (Å²) in [6, 6.07) is 15.8. The number of carbonyl (C=O) groups excluding carboxylic acids is 2. The van der Waals surface area contributed by atoms with Crippen LogP contribution in [0.2, 0.25) is 0 Å². The quantitative estimate of drug-likeness (QED) is 0.653. The van der Waals surface area contributed by atoms with Crippen LogP contribution in [0.5, 0.6) is 11.5 Å². The van der Waals surface area contributed by atoms with Crippen molar-refractivity contribution in [3.05, 3.63) is 60.4 Å². The summed E-state index contributed by atoms with van der Waals surface area (Å²) in [5.41, 5.74) is 5.25. The van der Waals surface area contributed by atoms with Gasteiger partial charge in [-0.05, 0) is 50.2 Å². The molecule has 2 amide bonds. The zero-order chi connectivity index (χ0) is 19.2. The normalized spacial score (nSPS) is 11.6. The molecule has 0 aliphatic heterocycles. The van der Waals surface area contributed by atoms with Gasteiger partial charge in [0.25, 0.3) is 5.91 Å². The first kappa shape index (κ1) is 18.3. The Hall–Kier alpha value is -3.48. The van der Waals surface area contributed by atoms with Gasteiger partial charge < -0.3 is 13.9 Å². The number of hydrogen-bond acceptors (Lipinski definition) is 5. The molecule has 1 atom stereocenters. The Balaban J connectivity index is 1.52. The lowest BCUT2D eigenvalue weighted by Crippen LogP contribution is -2.47. The second-order valence-electron chi connectivity index (χ2n) is 5.76. The first-order valence-electron chi connectivity index (χ1n) is 8.55. The highest BCUT2D eigenvalue weighted by atomic mass is 16.5. The number of hydrogen-bond donors (Lipinski definition) is 2. The summed E-state index contributed by atoms with van der Waals surface area (Å²) < 4.78 is 16.3. The molecule has 27 heavy (non-hydrogen) atoms. The molecule has 2 N–H and O–H groups in total. The van der Waals surface area contributed by atoms with Gasteiger partial charge in [0.05, 0.1) is 6.61 Å². The standard InChI is InChI=1S/C20H20N2O5/c1-3-25-15-8-10-16(11-9-15)26-13(2)19(23)21-22-20(24)18-12-14-6-4-5-7-17(14)27-18/h4-13H,3H2,1-2H3,(H,21,23)(H,22,24)/t13-/m0/s1. The molecule has 3 aromatic rings. The summed E-state index contributed by atoms with van der Waals surface area (Å²) in [4.78, 5) is 24.2. The minimum Gasteiger partial charge on any atom is -0.494 e. The van der Waals surface area contributed by atoms with Gasteiger partial charge in [-0.1, -0.05) is 18.2 Å². The molecule has 0 fully saturated rings. The third kappa shape index (κ3) is 4.58. The van der Waals surface area contributed by atoms with Gasteiger partial charge in [-0.3, -0.25) is 20.4 Å². The average Bonchev–Trinajstić information content (AvgIpc) is 3.12. The molecule has 0 radical (unpaired) electrons. The first-order valence-corrected chi connectivity index (χ1v) is 8.55. The van der Waals surface area contributed by atoms with E-state index in [0.29, 0.717) is 17.9 Å². The van der Waals surface area contributed by atoms with E-state index in [4.69, 9.17) is 13.9 Å². The van der Waals surface area contributed by atoms with Crippen LogP contribution < -0.4 is 20.3 Å². The fourth-order valence-electron chi connectivity index (χ4n) is 2.41. The molecule has 0 saturated heterocycles. The lowest BCUT2D eigenvalue weighted by atomic mass is 10.2. The molecular formula is C20H20N2O5. The third-order valence-electron chi connectivity index (χ3n) is 3.77. The summed E-state index contributed by atoms with van der Waals surface area (Å²) in [6.07, 6.45) is -0.807. The van der Waals surface area contributed by atoms with Gasteiger partial charge in [-0.15, -0.1) is 0 Å². The van der Waals surface area contributed by atoms with Crippen molar-refractivity contribution in [1.29, 1.82) is 0 Å². The van der Waals surface area contributed by atoms with Crippen molar-refractivity contribution in [2.75, 3.05) is 6.61 Å². The SMILES string of the molecule is CCOc1ccc(O[C@@H](C)C(=O)NNC(=O)c2cc3ccccc3o2)cc1. The number of fused-ring (bicyclic) bond motifs is 1. The molecule has 1 aromatic heterocycles. The number of hydrazine groups is 1. The number of ether oxygens (including phenoxy) is 2. The Labute approximate surface area is 156 Å². The van der Waals surface area contributed by atoms with Crippen LogP contribution in [0.15, 0.2) is 59.0 Å². The van der Waals surface area contributed by atoms with Crippen molar-refractivity contribution in [3.8, 4) is 11.5 Å².